The standard InChI is InChI=1S/C12H7N3S/c13-6-8-1-3-10(11(15)5-8)12-4-2-9(7-14)16-12/h1-5H,15H2. The van der Waals surface area contributed by atoms with Crippen molar-refractivity contribution in [3.63, 3.8) is 0 Å². The predicted octanol–water partition coefficient (Wildman–Crippen LogP) is 2.74. The van der Waals surface area contributed by atoms with Crippen molar-refractivity contribution >= 4 is 17.0 Å². The molecule has 3 nitrogen and oxygen atoms in total. The highest BCUT2D eigenvalue weighted by molar-refractivity contribution is 7.16. The summed E-state index contributed by atoms with van der Waals surface area (Å²) in [7, 11) is 0. The molecule has 1 aromatic heterocycles. The van der Waals surface area contributed by atoms with Crippen molar-refractivity contribution < 1.29 is 0 Å². The van der Waals surface area contributed by atoms with E-state index < -0.39 is 0 Å². The summed E-state index contributed by atoms with van der Waals surface area (Å²) in [6, 6.07) is 12.9. The number of thiophene rings is 1. The Hall–Kier alpha value is -2.30. The number of nitrogens with zero attached hydrogens (tertiary/aromatic N) is 2. The summed E-state index contributed by atoms with van der Waals surface area (Å²) in [6.45, 7) is 0. The Balaban J connectivity index is 2.50. The fraction of sp³-hybridized carbons (Fsp3) is 0. The van der Waals surface area contributed by atoms with Crippen LogP contribution in [0.25, 0.3) is 10.4 Å². The topological polar surface area (TPSA) is 73.6 Å². The third-order valence-corrected chi connectivity index (χ3v) is 3.19. The molecular formula is C12H7N3S. The second-order valence-electron chi connectivity index (χ2n) is 3.19. The first-order valence-electron chi connectivity index (χ1n) is 4.54. The monoisotopic (exact) mass is 225 g/mol. The van der Waals surface area contributed by atoms with Gasteiger partial charge in [-0.1, -0.05) is 6.07 Å². The molecule has 0 atom stereocenters. The summed E-state index contributed by atoms with van der Waals surface area (Å²) < 4.78 is 0. The third kappa shape index (κ3) is 1.75. The Morgan fingerprint density at radius 3 is 2.44 bits per heavy atom. The van der Waals surface area contributed by atoms with Crippen molar-refractivity contribution in [1.82, 2.24) is 0 Å². The Labute approximate surface area is 97.0 Å². The smallest absolute Gasteiger partial charge is 0.110 e. The molecule has 0 bridgehead atoms. The minimum atomic E-state index is 0.540. The van der Waals surface area contributed by atoms with Gasteiger partial charge in [0.1, 0.15) is 10.9 Å². The molecule has 76 valence electrons. The maximum Gasteiger partial charge on any atom is 0.110 e. The van der Waals surface area contributed by atoms with Crippen LogP contribution in [0.1, 0.15) is 10.4 Å². The van der Waals surface area contributed by atoms with Gasteiger partial charge < -0.3 is 5.73 Å². The Morgan fingerprint density at radius 2 is 1.88 bits per heavy atom. The highest BCUT2D eigenvalue weighted by atomic mass is 32.1. The Kier molecular flexibility index (Phi) is 2.59. The molecule has 2 N–H and O–H groups in total. The zero-order valence-electron chi connectivity index (χ0n) is 8.27. The van der Waals surface area contributed by atoms with Crippen molar-refractivity contribution in [2.75, 3.05) is 5.73 Å². The summed E-state index contributed by atoms with van der Waals surface area (Å²) in [6.07, 6.45) is 0. The SMILES string of the molecule is N#Cc1ccc(-c2ccc(C#N)s2)c(N)c1. The molecule has 0 aliphatic carbocycles. The van der Waals surface area contributed by atoms with Gasteiger partial charge in [0.15, 0.2) is 0 Å². The van der Waals surface area contributed by atoms with E-state index in [4.69, 9.17) is 16.3 Å². The molecule has 0 radical (unpaired) electrons. The number of nitriles is 2. The lowest BCUT2D eigenvalue weighted by molar-refractivity contribution is 1.49. The summed E-state index contributed by atoms with van der Waals surface area (Å²) >= 11 is 1.39. The largest absolute Gasteiger partial charge is 0.398 e. The molecule has 0 saturated heterocycles. The zero-order chi connectivity index (χ0) is 11.5. The van der Waals surface area contributed by atoms with Crippen LogP contribution in [0.4, 0.5) is 5.69 Å². The van der Waals surface area contributed by atoms with Gasteiger partial charge in [0, 0.05) is 16.1 Å². The van der Waals surface area contributed by atoms with Gasteiger partial charge in [0.05, 0.1) is 11.6 Å². The van der Waals surface area contributed by atoms with Crippen LogP contribution >= 0.6 is 11.3 Å². The van der Waals surface area contributed by atoms with Crippen molar-refractivity contribution in [2.45, 2.75) is 0 Å². The van der Waals surface area contributed by atoms with E-state index in [9.17, 15) is 0 Å². The molecule has 0 fully saturated rings. The van der Waals surface area contributed by atoms with E-state index in [1.165, 1.54) is 11.3 Å². The maximum absolute atomic E-state index is 8.74. The molecule has 0 saturated carbocycles. The van der Waals surface area contributed by atoms with Crippen LogP contribution in [-0.4, -0.2) is 0 Å². The Bertz CT molecular complexity index is 614. The van der Waals surface area contributed by atoms with Crippen LogP contribution in [0, 0.1) is 22.7 Å². The number of benzene rings is 1. The van der Waals surface area contributed by atoms with Crippen molar-refractivity contribution in [3.8, 4) is 22.6 Å². The lowest BCUT2D eigenvalue weighted by atomic mass is 10.1. The molecule has 16 heavy (non-hydrogen) atoms. The van der Waals surface area contributed by atoms with Crippen molar-refractivity contribution in [3.05, 3.63) is 40.8 Å². The average molecular weight is 225 g/mol. The average Bonchev–Trinajstić information content (AvgIpc) is 2.77. The van der Waals surface area contributed by atoms with Crippen LogP contribution in [0.5, 0.6) is 0 Å². The molecule has 0 spiro atoms. The molecule has 0 unspecified atom stereocenters. The number of hydrogen-bond donors (Lipinski definition) is 1. The van der Waals surface area contributed by atoms with E-state index in [1.807, 2.05) is 12.1 Å². The van der Waals surface area contributed by atoms with Gasteiger partial charge in [-0.2, -0.15) is 10.5 Å². The van der Waals surface area contributed by atoms with Crippen LogP contribution in [0.2, 0.25) is 0 Å². The van der Waals surface area contributed by atoms with Gasteiger partial charge in [0.25, 0.3) is 0 Å². The van der Waals surface area contributed by atoms with Crippen molar-refractivity contribution in [2.24, 2.45) is 0 Å². The molecule has 2 rings (SSSR count). The first kappa shape index (κ1) is 10.2. The van der Waals surface area contributed by atoms with E-state index in [0.717, 1.165) is 10.4 Å². The second-order valence-corrected chi connectivity index (χ2v) is 4.27. The highest BCUT2D eigenvalue weighted by Crippen LogP contribution is 2.32. The van der Waals surface area contributed by atoms with E-state index in [2.05, 4.69) is 6.07 Å². The zero-order valence-corrected chi connectivity index (χ0v) is 9.08. The summed E-state index contributed by atoms with van der Waals surface area (Å²) in [5.41, 5.74) is 7.82. The fourth-order valence-electron chi connectivity index (χ4n) is 1.40. The van der Waals surface area contributed by atoms with E-state index in [-0.39, 0.29) is 0 Å². The second kappa shape index (κ2) is 4.06. The number of nitrogens with two attached hydrogens (primary N) is 1. The maximum atomic E-state index is 8.74. The molecule has 0 aliphatic heterocycles. The Morgan fingerprint density at radius 1 is 1.06 bits per heavy atom. The van der Waals surface area contributed by atoms with Gasteiger partial charge >= 0.3 is 0 Å². The molecule has 0 amide bonds. The molecule has 4 heteroatoms. The van der Waals surface area contributed by atoms with Gasteiger partial charge in [-0.15, -0.1) is 11.3 Å². The highest BCUT2D eigenvalue weighted by Gasteiger charge is 2.06. The van der Waals surface area contributed by atoms with Crippen LogP contribution < -0.4 is 5.73 Å². The van der Waals surface area contributed by atoms with Crippen LogP contribution in [0.3, 0.4) is 0 Å². The first-order valence-corrected chi connectivity index (χ1v) is 5.36. The number of anilines is 1. The molecule has 0 aliphatic rings. The molecular weight excluding hydrogens is 218 g/mol. The van der Waals surface area contributed by atoms with E-state index in [0.29, 0.717) is 16.1 Å². The number of hydrogen-bond acceptors (Lipinski definition) is 4. The van der Waals surface area contributed by atoms with Gasteiger partial charge in [-0.05, 0) is 24.3 Å². The summed E-state index contributed by atoms with van der Waals surface area (Å²) in [4.78, 5) is 1.59. The molecule has 2 aromatic rings. The summed E-state index contributed by atoms with van der Waals surface area (Å²) in [5, 5.41) is 17.5. The minimum Gasteiger partial charge on any atom is -0.398 e. The normalized spacial score (nSPS) is 9.38. The quantitative estimate of drug-likeness (QED) is 0.758. The molecule has 1 heterocycles. The minimum absolute atomic E-state index is 0.540. The van der Waals surface area contributed by atoms with E-state index in [1.54, 1.807) is 24.3 Å². The van der Waals surface area contributed by atoms with Gasteiger partial charge in [-0.25, -0.2) is 0 Å². The van der Waals surface area contributed by atoms with Crippen LogP contribution in [0.15, 0.2) is 30.3 Å². The first-order chi connectivity index (χ1) is 7.74. The van der Waals surface area contributed by atoms with E-state index >= 15 is 0 Å². The van der Waals surface area contributed by atoms with Crippen molar-refractivity contribution in [1.29, 1.82) is 10.5 Å². The van der Waals surface area contributed by atoms with Gasteiger partial charge in [0.2, 0.25) is 0 Å². The van der Waals surface area contributed by atoms with Gasteiger partial charge in [-0.3, -0.25) is 0 Å². The third-order valence-electron chi connectivity index (χ3n) is 2.16. The fourth-order valence-corrected chi connectivity index (χ4v) is 2.25. The lowest BCUT2D eigenvalue weighted by Gasteiger charge is -2.02. The summed E-state index contributed by atoms with van der Waals surface area (Å²) in [5.74, 6) is 0. The predicted molar refractivity (Wildman–Crippen MR) is 63.6 cm³/mol. The van der Waals surface area contributed by atoms with Crippen LogP contribution in [-0.2, 0) is 0 Å². The molecule has 1 aromatic carbocycles. The lowest BCUT2D eigenvalue weighted by Crippen LogP contribution is -1.89. The number of nitrogen functional groups attached to an aromatic ring is 1. The number of rotatable bonds is 1.